The molecule has 25 heavy (non-hydrogen) atoms. The molecule has 1 unspecified atom stereocenters. The number of sulfonamides is 1. The monoisotopic (exact) mass is 383 g/mol. The van der Waals surface area contributed by atoms with E-state index in [9.17, 15) is 8.42 Å². The van der Waals surface area contributed by atoms with Crippen molar-refractivity contribution in [1.29, 1.82) is 0 Å². The SMILES string of the molecule is CCSC1CCCCN(c2ncccc2S(=O)(=O)N2CCCCC2)C1. The molecule has 0 saturated carbocycles. The molecule has 0 spiro atoms. The molecule has 1 aromatic heterocycles. The fourth-order valence-corrected chi connectivity index (χ4v) is 6.50. The number of aromatic nitrogens is 1. The smallest absolute Gasteiger partial charge is 0.246 e. The van der Waals surface area contributed by atoms with Gasteiger partial charge in [-0.2, -0.15) is 16.1 Å². The summed E-state index contributed by atoms with van der Waals surface area (Å²) in [5, 5.41) is 0.556. The molecule has 3 heterocycles. The van der Waals surface area contributed by atoms with Crippen LogP contribution in [0.5, 0.6) is 0 Å². The highest BCUT2D eigenvalue weighted by molar-refractivity contribution is 7.99. The van der Waals surface area contributed by atoms with Crippen molar-refractivity contribution in [2.24, 2.45) is 0 Å². The minimum Gasteiger partial charge on any atom is -0.354 e. The Balaban J connectivity index is 1.89. The zero-order chi connectivity index (χ0) is 17.7. The quantitative estimate of drug-likeness (QED) is 0.780. The van der Waals surface area contributed by atoms with Crippen molar-refractivity contribution in [3.63, 3.8) is 0 Å². The Kier molecular flexibility index (Phi) is 6.63. The van der Waals surface area contributed by atoms with Gasteiger partial charge in [-0.05, 0) is 43.6 Å². The van der Waals surface area contributed by atoms with Crippen LogP contribution in [0, 0.1) is 0 Å². The largest absolute Gasteiger partial charge is 0.354 e. The number of hydrogen-bond acceptors (Lipinski definition) is 5. The molecule has 1 atom stereocenters. The van der Waals surface area contributed by atoms with Crippen LogP contribution in [0.1, 0.15) is 45.4 Å². The summed E-state index contributed by atoms with van der Waals surface area (Å²) in [6.07, 6.45) is 8.25. The zero-order valence-corrected chi connectivity index (χ0v) is 16.7. The van der Waals surface area contributed by atoms with Gasteiger partial charge in [0.1, 0.15) is 10.7 Å². The van der Waals surface area contributed by atoms with Gasteiger partial charge in [0.25, 0.3) is 0 Å². The maximum Gasteiger partial charge on any atom is 0.246 e. The second-order valence-electron chi connectivity index (χ2n) is 6.81. The van der Waals surface area contributed by atoms with Gasteiger partial charge < -0.3 is 4.90 Å². The number of hydrogen-bond donors (Lipinski definition) is 0. The standard InChI is InChI=1S/C18H29N3O2S2/c1-2-24-16-9-4-7-12-20(15-16)18-17(10-8-11-19-18)25(22,23)21-13-5-3-6-14-21/h8,10-11,16H,2-7,9,12-15H2,1H3. The lowest BCUT2D eigenvalue weighted by Gasteiger charge is -2.30. The highest BCUT2D eigenvalue weighted by Gasteiger charge is 2.31. The van der Waals surface area contributed by atoms with Gasteiger partial charge in [0.15, 0.2) is 0 Å². The average Bonchev–Trinajstić information content (AvgIpc) is 2.88. The second-order valence-corrected chi connectivity index (χ2v) is 10.3. The number of anilines is 1. The van der Waals surface area contributed by atoms with Gasteiger partial charge in [-0.15, -0.1) is 0 Å². The van der Waals surface area contributed by atoms with Crippen LogP contribution in [-0.4, -0.2) is 54.9 Å². The molecule has 0 aromatic carbocycles. The number of nitrogens with zero attached hydrogens (tertiary/aromatic N) is 3. The van der Waals surface area contributed by atoms with Gasteiger partial charge in [-0.1, -0.05) is 19.8 Å². The highest BCUT2D eigenvalue weighted by atomic mass is 32.2. The lowest BCUT2D eigenvalue weighted by atomic mass is 10.2. The molecule has 3 rings (SSSR count). The summed E-state index contributed by atoms with van der Waals surface area (Å²) < 4.78 is 28.0. The van der Waals surface area contributed by atoms with Crippen molar-refractivity contribution < 1.29 is 8.42 Å². The molecular weight excluding hydrogens is 354 g/mol. The molecule has 0 aliphatic carbocycles. The first-order valence-electron chi connectivity index (χ1n) is 9.44. The molecule has 5 nitrogen and oxygen atoms in total. The van der Waals surface area contributed by atoms with Gasteiger partial charge in [-0.25, -0.2) is 13.4 Å². The summed E-state index contributed by atoms with van der Waals surface area (Å²) in [7, 11) is -3.46. The molecule has 2 saturated heterocycles. The van der Waals surface area contributed by atoms with Crippen molar-refractivity contribution in [3.05, 3.63) is 18.3 Å². The number of thioether (sulfide) groups is 1. The summed E-state index contributed by atoms with van der Waals surface area (Å²) in [6, 6.07) is 3.48. The van der Waals surface area contributed by atoms with E-state index in [2.05, 4.69) is 16.8 Å². The van der Waals surface area contributed by atoms with Crippen LogP contribution in [0.25, 0.3) is 0 Å². The molecule has 7 heteroatoms. The van der Waals surface area contributed by atoms with Crippen molar-refractivity contribution in [3.8, 4) is 0 Å². The molecule has 140 valence electrons. The Hall–Kier alpha value is -0.790. The first kappa shape index (κ1) is 19.0. The Bertz CT molecular complexity index is 660. The van der Waals surface area contributed by atoms with E-state index in [-0.39, 0.29) is 0 Å². The summed E-state index contributed by atoms with van der Waals surface area (Å²) in [6.45, 7) is 5.22. The summed E-state index contributed by atoms with van der Waals surface area (Å²) >= 11 is 1.98. The van der Waals surface area contributed by atoms with Crippen LogP contribution in [-0.2, 0) is 10.0 Å². The van der Waals surface area contributed by atoms with E-state index in [1.165, 1.54) is 12.8 Å². The molecule has 1 aromatic rings. The predicted molar refractivity (Wildman–Crippen MR) is 105 cm³/mol. The van der Waals surface area contributed by atoms with Crippen molar-refractivity contribution in [2.75, 3.05) is 36.8 Å². The van der Waals surface area contributed by atoms with Crippen LogP contribution in [0.15, 0.2) is 23.2 Å². The molecule has 2 fully saturated rings. The minimum absolute atomic E-state index is 0.388. The van der Waals surface area contributed by atoms with Gasteiger partial charge >= 0.3 is 0 Å². The lowest BCUT2D eigenvalue weighted by molar-refractivity contribution is 0.346. The third-order valence-corrected chi connectivity index (χ3v) is 8.12. The summed E-state index contributed by atoms with van der Waals surface area (Å²) in [5.74, 6) is 1.75. The fraction of sp³-hybridized carbons (Fsp3) is 0.722. The molecule has 0 bridgehead atoms. The van der Waals surface area contributed by atoms with Crippen LogP contribution < -0.4 is 4.90 Å². The molecule has 2 aliphatic heterocycles. The fourth-order valence-electron chi connectivity index (χ4n) is 3.73. The van der Waals surface area contributed by atoms with Crippen LogP contribution in [0.2, 0.25) is 0 Å². The van der Waals surface area contributed by atoms with E-state index >= 15 is 0 Å². The zero-order valence-electron chi connectivity index (χ0n) is 15.1. The highest BCUT2D eigenvalue weighted by Crippen LogP contribution is 2.31. The number of piperidine rings is 1. The molecule has 2 aliphatic rings. The van der Waals surface area contributed by atoms with E-state index in [0.717, 1.165) is 44.5 Å². The molecule has 0 N–H and O–H groups in total. The van der Waals surface area contributed by atoms with Gasteiger partial charge in [0.2, 0.25) is 10.0 Å². The average molecular weight is 384 g/mol. The van der Waals surface area contributed by atoms with Crippen LogP contribution >= 0.6 is 11.8 Å². The van der Waals surface area contributed by atoms with Gasteiger partial charge in [0, 0.05) is 37.6 Å². The molecular formula is C18H29N3O2S2. The molecule has 0 radical (unpaired) electrons. The second kappa shape index (κ2) is 8.73. The van der Waals surface area contributed by atoms with Crippen LogP contribution in [0.3, 0.4) is 0 Å². The summed E-state index contributed by atoms with van der Waals surface area (Å²) in [4.78, 5) is 7.10. The van der Waals surface area contributed by atoms with E-state index in [1.807, 2.05) is 11.8 Å². The Labute approximate surface area is 156 Å². The third kappa shape index (κ3) is 4.49. The Morgan fingerprint density at radius 1 is 1.16 bits per heavy atom. The minimum atomic E-state index is -3.46. The third-order valence-electron chi connectivity index (χ3n) is 5.01. The molecule has 0 amide bonds. The Morgan fingerprint density at radius 2 is 1.92 bits per heavy atom. The number of rotatable bonds is 5. The van der Waals surface area contributed by atoms with Crippen LogP contribution in [0.4, 0.5) is 5.82 Å². The van der Waals surface area contributed by atoms with E-state index < -0.39 is 10.0 Å². The van der Waals surface area contributed by atoms with Gasteiger partial charge in [0.05, 0.1) is 0 Å². The van der Waals surface area contributed by atoms with Crippen molar-refractivity contribution >= 4 is 27.6 Å². The van der Waals surface area contributed by atoms with E-state index in [1.54, 1.807) is 22.6 Å². The maximum absolute atomic E-state index is 13.2. The number of pyridine rings is 1. The van der Waals surface area contributed by atoms with E-state index in [0.29, 0.717) is 29.1 Å². The topological polar surface area (TPSA) is 53.5 Å². The van der Waals surface area contributed by atoms with Crippen molar-refractivity contribution in [2.45, 2.75) is 55.6 Å². The Morgan fingerprint density at radius 3 is 2.68 bits per heavy atom. The van der Waals surface area contributed by atoms with Gasteiger partial charge in [-0.3, -0.25) is 0 Å². The normalized spacial score (nSPS) is 23.4. The van der Waals surface area contributed by atoms with Crippen molar-refractivity contribution in [1.82, 2.24) is 9.29 Å². The first-order valence-corrected chi connectivity index (χ1v) is 11.9. The predicted octanol–water partition coefficient (Wildman–Crippen LogP) is 3.37. The summed E-state index contributed by atoms with van der Waals surface area (Å²) in [5.41, 5.74) is 0. The lowest BCUT2D eigenvalue weighted by Crippen LogP contribution is -2.38. The first-order chi connectivity index (χ1) is 12.1. The van der Waals surface area contributed by atoms with E-state index in [4.69, 9.17) is 0 Å². The maximum atomic E-state index is 13.2.